The van der Waals surface area contributed by atoms with E-state index in [2.05, 4.69) is 15.4 Å². The van der Waals surface area contributed by atoms with E-state index in [0.29, 0.717) is 18.3 Å². The number of nitrogens with one attached hydrogen (secondary N) is 1. The van der Waals surface area contributed by atoms with Gasteiger partial charge in [-0.2, -0.15) is 10.1 Å². The first kappa shape index (κ1) is 18.0. The van der Waals surface area contributed by atoms with Gasteiger partial charge >= 0.3 is 5.97 Å². The summed E-state index contributed by atoms with van der Waals surface area (Å²) in [5.41, 5.74) is 0.901. The first-order valence-electron chi connectivity index (χ1n) is 8.09. The summed E-state index contributed by atoms with van der Waals surface area (Å²) >= 11 is 0. The fraction of sp³-hybridized carbons (Fsp3) is 0.353. The van der Waals surface area contributed by atoms with Gasteiger partial charge in [-0.05, 0) is 31.5 Å². The molecule has 1 aromatic heterocycles. The largest absolute Gasteiger partial charge is 0.460 e. The van der Waals surface area contributed by atoms with E-state index in [0.717, 1.165) is 18.2 Å². The second kappa shape index (κ2) is 7.61. The highest BCUT2D eigenvalue weighted by Gasteiger charge is 2.34. The number of rotatable bonds is 6. The van der Waals surface area contributed by atoms with Gasteiger partial charge in [0.1, 0.15) is 30.6 Å². The van der Waals surface area contributed by atoms with Crippen LogP contribution in [0.1, 0.15) is 25.5 Å². The minimum Gasteiger partial charge on any atom is -0.460 e. The van der Waals surface area contributed by atoms with Crippen LogP contribution in [0, 0.1) is 11.6 Å². The number of carbonyl (C=O) groups excluding carboxylic acids is 1. The molecule has 0 bridgehead atoms. The minimum atomic E-state index is -0.862. The Kier molecular flexibility index (Phi) is 5.27. The molecule has 9 heteroatoms. The molecule has 2 aromatic rings. The summed E-state index contributed by atoms with van der Waals surface area (Å²) in [4.78, 5) is 16.7. The Balaban J connectivity index is 1.98. The van der Waals surface area contributed by atoms with Crippen molar-refractivity contribution in [2.24, 2.45) is 0 Å². The highest BCUT2D eigenvalue weighted by Crippen LogP contribution is 2.35. The number of allylic oxidation sites excluding steroid dienone is 1. The average Bonchev–Trinajstić information content (AvgIpc) is 3.04. The van der Waals surface area contributed by atoms with Crippen molar-refractivity contribution in [3.63, 3.8) is 0 Å². The fourth-order valence-electron chi connectivity index (χ4n) is 2.81. The Labute approximate surface area is 148 Å². The number of hydrogen-bond acceptors (Lipinski definition) is 6. The first-order valence-corrected chi connectivity index (χ1v) is 8.09. The fourth-order valence-corrected chi connectivity index (χ4v) is 2.81. The molecule has 0 saturated heterocycles. The quantitative estimate of drug-likeness (QED) is 0.627. The molecule has 138 valence electrons. The smallest absolute Gasteiger partial charge is 0.338 e. The second-order valence-electron chi connectivity index (χ2n) is 5.63. The Hall–Kier alpha value is -2.81. The van der Waals surface area contributed by atoms with Crippen LogP contribution in [0.15, 0.2) is 35.8 Å². The molecular formula is C17H18F2N4O3. The molecule has 1 unspecified atom stereocenters. The lowest BCUT2D eigenvalue weighted by atomic mass is 9.95. The van der Waals surface area contributed by atoms with E-state index in [4.69, 9.17) is 9.47 Å². The minimum absolute atomic E-state index is 0.0674. The molecule has 3 rings (SSSR count). The summed E-state index contributed by atoms with van der Waals surface area (Å²) in [5.74, 6) is -1.75. The third-order valence-corrected chi connectivity index (χ3v) is 3.88. The van der Waals surface area contributed by atoms with Crippen molar-refractivity contribution in [3.8, 4) is 0 Å². The lowest BCUT2D eigenvalue weighted by Gasteiger charge is -2.28. The van der Waals surface area contributed by atoms with E-state index in [1.807, 2.05) is 6.92 Å². The van der Waals surface area contributed by atoms with Crippen LogP contribution in [0.5, 0.6) is 0 Å². The van der Waals surface area contributed by atoms with Gasteiger partial charge in [-0.1, -0.05) is 0 Å². The van der Waals surface area contributed by atoms with Gasteiger partial charge in [0.2, 0.25) is 5.95 Å². The SMILES string of the molecule is CCOCCOC(=O)C1=C(C)Nc2ncnn2C1c1cc(F)cc(F)c1. The van der Waals surface area contributed by atoms with Gasteiger partial charge in [0.15, 0.2) is 0 Å². The maximum Gasteiger partial charge on any atom is 0.338 e. The van der Waals surface area contributed by atoms with Gasteiger partial charge < -0.3 is 14.8 Å². The van der Waals surface area contributed by atoms with E-state index in [1.54, 1.807) is 6.92 Å². The van der Waals surface area contributed by atoms with Crippen molar-refractivity contribution >= 4 is 11.9 Å². The summed E-state index contributed by atoms with van der Waals surface area (Å²) in [6.45, 7) is 4.34. The van der Waals surface area contributed by atoms with E-state index < -0.39 is 23.6 Å². The highest BCUT2D eigenvalue weighted by atomic mass is 19.1. The van der Waals surface area contributed by atoms with E-state index in [9.17, 15) is 13.6 Å². The zero-order valence-corrected chi connectivity index (χ0v) is 14.3. The van der Waals surface area contributed by atoms with Gasteiger partial charge in [0.25, 0.3) is 0 Å². The van der Waals surface area contributed by atoms with Gasteiger partial charge in [-0.3, -0.25) is 0 Å². The maximum atomic E-state index is 13.7. The Morgan fingerprint density at radius 2 is 2.00 bits per heavy atom. The molecule has 1 atom stereocenters. The molecule has 1 aliphatic rings. The summed E-state index contributed by atoms with van der Waals surface area (Å²) in [5, 5.41) is 7.03. The molecule has 1 aliphatic heterocycles. The van der Waals surface area contributed by atoms with Crippen LogP contribution in [0.3, 0.4) is 0 Å². The van der Waals surface area contributed by atoms with Gasteiger partial charge in [0, 0.05) is 18.4 Å². The number of fused-ring (bicyclic) bond motifs is 1. The number of benzene rings is 1. The van der Waals surface area contributed by atoms with Crippen LogP contribution in [-0.2, 0) is 14.3 Å². The average molecular weight is 364 g/mol. The number of esters is 1. The molecule has 7 nitrogen and oxygen atoms in total. The monoisotopic (exact) mass is 364 g/mol. The molecule has 0 aliphatic carbocycles. The topological polar surface area (TPSA) is 78.3 Å². The Morgan fingerprint density at radius 1 is 1.27 bits per heavy atom. The standard InChI is InChI=1S/C17H18F2N4O3/c1-3-25-4-5-26-16(24)14-10(2)22-17-20-9-21-23(17)15(14)11-6-12(18)8-13(19)7-11/h6-9,15H,3-5H2,1-2H3,(H,20,21,22). The molecule has 0 fully saturated rings. The van der Waals surface area contributed by atoms with Crippen LogP contribution in [-0.4, -0.2) is 40.6 Å². The van der Waals surface area contributed by atoms with Crippen LogP contribution in [0.4, 0.5) is 14.7 Å². The van der Waals surface area contributed by atoms with Crippen molar-refractivity contribution in [2.45, 2.75) is 19.9 Å². The predicted molar refractivity (Wildman–Crippen MR) is 88.3 cm³/mol. The van der Waals surface area contributed by atoms with Crippen molar-refractivity contribution < 1.29 is 23.0 Å². The molecule has 26 heavy (non-hydrogen) atoms. The summed E-state index contributed by atoms with van der Waals surface area (Å²) in [6, 6.07) is 2.22. The van der Waals surface area contributed by atoms with Crippen LogP contribution >= 0.6 is 0 Å². The lowest BCUT2D eigenvalue weighted by Crippen LogP contribution is -2.30. The number of carbonyl (C=O) groups is 1. The third-order valence-electron chi connectivity index (χ3n) is 3.88. The number of aromatic nitrogens is 3. The molecular weight excluding hydrogens is 346 g/mol. The van der Waals surface area contributed by atoms with Crippen molar-refractivity contribution in [2.75, 3.05) is 25.1 Å². The number of anilines is 1. The third kappa shape index (κ3) is 3.57. The molecule has 0 radical (unpaired) electrons. The number of hydrogen-bond donors (Lipinski definition) is 1. The Morgan fingerprint density at radius 3 is 2.69 bits per heavy atom. The number of nitrogens with zero attached hydrogens (tertiary/aromatic N) is 3. The van der Waals surface area contributed by atoms with Crippen LogP contribution < -0.4 is 5.32 Å². The maximum absolute atomic E-state index is 13.7. The summed E-state index contributed by atoms with van der Waals surface area (Å²) in [7, 11) is 0. The van der Waals surface area contributed by atoms with Crippen LogP contribution in [0.25, 0.3) is 0 Å². The molecule has 2 heterocycles. The number of halogens is 2. The van der Waals surface area contributed by atoms with Crippen molar-refractivity contribution in [1.29, 1.82) is 0 Å². The van der Waals surface area contributed by atoms with E-state index in [-0.39, 0.29) is 24.4 Å². The lowest BCUT2D eigenvalue weighted by molar-refractivity contribution is -0.141. The summed E-state index contributed by atoms with van der Waals surface area (Å²) < 4.78 is 39.3. The zero-order chi connectivity index (χ0) is 18.7. The highest BCUT2D eigenvalue weighted by molar-refractivity contribution is 5.92. The van der Waals surface area contributed by atoms with Gasteiger partial charge in [-0.15, -0.1) is 0 Å². The van der Waals surface area contributed by atoms with E-state index >= 15 is 0 Å². The van der Waals surface area contributed by atoms with Gasteiger partial charge in [-0.25, -0.2) is 18.3 Å². The second-order valence-corrected chi connectivity index (χ2v) is 5.63. The van der Waals surface area contributed by atoms with Crippen LogP contribution in [0.2, 0.25) is 0 Å². The molecule has 1 N–H and O–H groups in total. The first-order chi connectivity index (χ1) is 12.5. The molecule has 0 spiro atoms. The molecule has 1 aromatic carbocycles. The van der Waals surface area contributed by atoms with Gasteiger partial charge in [0.05, 0.1) is 12.2 Å². The van der Waals surface area contributed by atoms with E-state index in [1.165, 1.54) is 11.0 Å². The van der Waals surface area contributed by atoms with Crippen molar-refractivity contribution in [1.82, 2.24) is 14.8 Å². The zero-order valence-electron chi connectivity index (χ0n) is 14.3. The molecule has 0 saturated carbocycles. The van der Waals surface area contributed by atoms with Crippen molar-refractivity contribution in [3.05, 3.63) is 53.0 Å². The number of ether oxygens (including phenoxy) is 2. The molecule has 0 amide bonds. The summed E-state index contributed by atoms with van der Waals surface area (Å²) in [6.07, 6.45) is 1.29. The normalized spacial score (nSPS) is 16.2. The Bertz CT molecular complexity index is 830. The predicted octanol–water partition coefficient (Wildman–Crippen LogP) is 2.42.